The Bertz CT molecular complexity index is 235. The third-order valence-electron chi connectivity index (χ3n) is 5.38. The van der Waals surface area contributed by atoms with Crippen LogP contribution in [0.5, 0.6) is 0 Å². The van der Waals surface area contributed by atoms with Gasteiger partial charge in [-0.2, -0.15) is 0 Å². The molecule has 106 valence electrons. The molecule has 2 nitrogen and oxygen atoms in total. The van der Waals surface area contributed by atoms with Crippen LogP contribution in [-0.4, -0.2) is 36.6 Å². The van der Waals surface area contributed by atoms with Crippen molar-refractivity contribution in [2.75, 3.05) is 19.6 Å². The average Bonchev–Trinajstić information content (AvgIpc) is 2.40. The van der Waals surface area contributed by atoms with Crippen LogP contribution in [0.3, 0.4) is 0 Å². The Morgan fingerprint density at radius 3 is 2.44 bits per heavy atom. The molecule has 3 unspecified atom stereocenters. The molecular formula is C16H32N2. The predicted molar refractivity (Wildman–Crippen MR) is 78.9 cm³/mol. The van der Waals surface area contributed by atoms with E-state index in [9.17, 15) is 0 Å². The van der Waals surface area contributed by atoms with Crippen LogP contribution in [0.4, 0.5) is 0 Å². The second-order valence-corrected chi connectivity index (χ2v) is 6.55. The highest BCUT2D eigenvalue weighted by molar-refractivity contribution is 4.89. The van der Waals surface area contributed by atoms with E-state index >= 15 is 0 Å². The van der Waals surface area contributed by atoms with Gasteiger partial charge in [0.2, 0.25) is 0 Å². The van der Waals surface area contributed by atoms with Crippen molar-refractivity contribution in [2.45, 2.75) is 71.4 Å². The Morgan fingerprint density at radius 1 is 1.06 bits per heavy atom. The summed E-state index contributed by atoms with van der Waals surface area (Å²) in [6.07, 6.45) is 8.73. The van der Waals surface area contributed by atoms with Crippen LogP contribution in [0, 0.1) is 11.8 Å². The Morgan fingerprint density at radius 2 is 1.78 bits per heavy atom. The lowest BCUT2D eigenvalue weighted by atomic mass is 9.84. The van der Waals surface area contributed by atoms with Gasteiger partial charge in [0.05, 0.1) is 0 Å². The number of hydrogen-bond acceptors (Lipinski definition) is 2. The van der Waals surface area contributed by atoms with Gasteiger partial charge >= 0.3 is 0 Å². The van der Waals surface area contributed by atoms with Crippen molar-refractivity contribution in [3.8, 4) is 0 Å². The summed E-state index contributed by atoms with van der Waals surface area (Å²) in [5.74, 6) is 1.78. The molecule has 2 rings (SSSR count). The quantitative estimate of drug-likeness (QED) is 0.826. The van der Waals surface area contributed by atoms with Crippen molar-refractivity contribution in [3.63, 3.8) is 0 Å². The fourth-order valence-corrected chi connectivity index (χ4v) is 3.95. The normalized spacial score (nSPS) is 35.8. The fraction of sp³-hybridized carbons (Fsp3) is 1.00. The molecule has 1 aliphatic carbocycles. The molecule has 0 aromatic carbocycles. The summed E-state index contributed by atoms with van der Waals surface area (Å²) < 4.78 is 0. The molecule has 1 heterocycles. The van der Waals surface area contributed by atoms with Gasteiger partial charge in [0, 0.05) is 18.6 Å². The van der Waals surface area contributed by atoms with Gasteiger partial charge in [-0.15, -0.1) is 0 Å². The van der Waals surface area contributed by atoms with Crippen LogP contribution in [-0.2, 0) is 0 Å². The van der Waals surface area contributed by atoms with Crippen LogP contribution in [0.25, 0.3) is 0 Å². The van der Waals surface area contributed by atoms with E-state index in [1.165, 1.54) is 51.6 Å². The van der Waals surface area contributed by atoms with E-state index in [1.54, 1.807) is 0 Å². The fourth-order valence-electron chi connectivity index (χ4n) is 3.95. The van der Waals surface area contributed by atoms with Crippen LogP contribution in [0.15, 0.2) is 0 Å². The maximum Gasteiger partial charge on any atom is 0.0120 e. The molecule has 3 atom stereocenters. The van der Waals surface area contributed by atoms with E-state index in [2.05, 4.69) is 31.0 Å². The van der Waals surface area contributed by atoms with Crippen molar-refractivity contribution in [3.05, 3.63) is 0 Å². The Balaban J connectivity index is 1.83. The maximum absolute atomic E-state index is 3.66. The minimum atomic E-state index is 0.743. The van der Waals surface area contributed by atoms with Crippen LogP contribution >= 0.6 is 0 Å². The minimum Gasteiger partial charge on any atom is -0.314 e. The molecule has 0 radical (unpaired) electrons. The van der Waals surface area contributed by atoms with E-state index < -0.39 is 0 Å². The van der Waals surface area contributed by atoms with Gasteiger partial charge in [-0.1, -0.05) is 33.1 Å². The molecule has 1 N–H and O–H groups in total. The van der Waals surface area contributed by atoms with Crippen LogP contribution in [0.2, 0.25) is 0 Å². The van der Waals surface area contributed by atoms with E-state index in [-0.39, 0.29) is 0 Å². The molecule has 1 saturated heterocycles. The first kappa shape index (κ1) is 14.3. The Kier molecular flexibility index (Phi) is 5.50. The van der Waals surface area contributed by atoms with Crippen molar-refractivity contribution >= 4 is 0 Å². The number of nitrogens with zero attached hydrogens (tertiary/aromatic N) is 1. The molecule has 0 spiro atoms. The predicted octanol–water partition coefficient (Wildman–Crippen LogP) is 3.28. The van der Waals surface area contributed by atoms with Gasteiger partial charge in [0.25, 0.3) is 0 Å². The summed E-state index contributed by atoms with van der Waals surface area (Å²) in [5.41, 5.74) is 0. The monoisotopic (exact) mass is 252 g/mol. The zero-order chi connectivity index (χ0) is 13.0. The van der Waals surface area contributed by atoms with Crippen molar-refractivity contribution in [2.24, 2.45) is 11.8 Å². The molecule has 0 bridgehead atoms. The molecule has 2 aliphatic rings. The van der Waals surface area contributed by atoms with Crippen molar-refractivity contribution < 1.29 is 0 Å². The molecule has 1 aliphatic heterocycles. The van der Waals surface area contributed by atoms with E-state index in [4.69, 9.17) is 0 Å². The van der Waals surface area contributed by atoms with Crippen LogP contribution < -0.4 is 5.32 Å². The lowest BCUT2D eigenvalue weighted by Gasteiger charge is -2.44. The van der Waals surface area contributed by atoms with Crippen molar-refractivity contribution in [1.82, 2.24) is 10.2 Å². The molecule has 18 heavy (non-hydrogen) atoms. The first-order valence-corrected chi connectivity index (χ1v) is 8.19. The van der Waals surface area contributed by atoms with E-state index in [1.807, 2.05) is 0 Å². The van der Waals surface area contributed by atoms with Gasteiger partial charge < -0.3 is 10.2 Å². The largest absolute Gasteiger partial charge is 0.314 e. The minimum absolute atomic E-state index is 0.743. The number of likely N-dealkylation sites (tertiary alicyclic amines) is 1. The average molecular weight is 252 g/mol. The molecule has 2 heteroatoms. The Hall–Kier alpha value is -0.0800. The highest BCUT2D eigenvalue weighted by Crippen LogP contribution is 2.29. The third-order valence-corrected chi connectivity index (χ3v) is 5.38. The SMILES string of the molecule is CCNC1CCN(CC2CCCCC2)C(C)C1C. The molecule has 0 aromatic rings. The summed E-state index contributed by atoms with van der Waals surface area (Å²) in [6, 6.07) is 1.50. The highest BCUT2D eigenvalue weighted by Gasteiger charge is 2.32. The van der Waals surface area contributed by atoms with Gasteiger partial charge in [-0.3, -0.25) is 0 Å². The first-order chi connectivity index (χ1) is 8.72. The lowest BCUT2D eigenvalue weighted by molar-refractivity contribution is 0.0644. The second kappa shape index (κ2) is 6.91. The summed E-state index contributed by atoms with van der Waals surface area (Å²) >= 11 is 0. The van der Waals surface area contributed by atoms with Gasteiger partial charge in [0.1, 0.15) is 0 Å². The summed E-state index contributed by atoms with van der Waals surface area (Å²) in [5, 5.41) is 3.66. The second-order valence-electron chi connectivity index (χ2n) is 6.55. The molecule has 0 aromatic heterocycles. The topological polar surface area (TPSA) is 15.3 Å². The highest BCUT2D eigenvalue weighted by atomic mass is 15.2. The van der Waals surface area contributed by atoms with Crippen molar-refractivity contribution in [1.29, 1.82) is 0 Å². The summed E-state index contributed by atoms with van der Waals surface area (Å²) in [7, 11) is 0. The Labute approximate surface area is 114 Å². The number of nitrogens with one attached hydrogen (secondary N) is 1. The maximum atomic E-state index is 3.66. The lowest BCUT2D eigenvalue weighted by Crippen LogP contribution is -2.54. The summed E-state index contributed by atoms with van der Waals surface area (Å²) in [6.45, 7) is 10.9. The first-order valence-electron chi connectivity index (χ1n) is 8.19. The molecular weight excluding hydrogens is 220 g/mol. The zero-order valence-corrected chi connectivity index (χ0v) is 12.6. The zero-order valence-electron chi connectivity index (χ0n) is 12.6. The summed E-state index contributed by atoms with van der Waals surface area (Å²) in [4.78, 5) is 2.77. The molecule has 1 saturated carbocycles. The molecule has 2 fully saturated rings. The standard InChI is InChI=1S/C16H32N2/c1-4-17-16-10-11-18(14(3)13(16)2)12-15-8-6-5-7-9-15/h13-17H,4-12H2,1-3H3. The number of hydrogen-bond donors (Lipinski definition) is 1. The molecule has 0 amide bonds. The number of rotatable bonds is 4. The smallest absolute Gasteiger partial charge is 0.0120 e. The van der Waals surface area contributed by atoms with Gasteiger partial charge in [0.15, 0.2) is 0 Å². The third kappa shape index (κ3) is 3.48. The van der Waals surface area contributed by atoms with Gasteiger partial charge in [-0.25, -0.2) is 0 Å². The van der Waals surface area contributed by atoms with E-state index in [0.29, 0.717) is 0 Å². The van der Waals surface area contributed by atoms with E-state index in [0.717, 1.165) is 30.5 Å². The van der Waals surface area contributed by atoms with Crippen LogP contribution in [0.1, 0.15) is 59.3 Å². The van der Waals surface area contributed by atoms with Gasteiger partial charge in [-0.05, 0) is 51.1 Å². The number of piperidine rings is 1.